The van der Waals surface area contributed by atoms with Gasteiger partial charge in [-0.2, -0.15) is 5.10 Å². The number of hydrazine groups is 1. The van der Waals surface area contributed by atoms with E-state index in [2.05, 4.69) is 24.4 Å². The molecule has 2 unspecified atom stereocenters. The number of unbranched alkanes of at least 4 members (excludes halogenated alkanes) is 1. The molecule has 116 valence electrons. The molecule has 0 aliphatic rings. The molecule has 20 heavy (non-hydrogen) atoms. The van der Waals surface area contributed by atoms with Crippen molar-refractivity contribution >= 4 is 11.6 Å². The number of nitrogens with one attached hydrogen (secondary N) is 1. The van der Waals surface area contributed by atoms with Crippen LogP contribution in [0, 0.1) is 5.92 Å². The number of rotatable bonds is 10. The average molecular weight is 303 g/mol. The van der Waals surface area contributed by atoms with Gasteiger partial charge < -0.3 is 4.74 Å². The van der Waals surface area contributed by atoms with Gasteiger partial charge in [0.25, 0.3) is 0 Å². The summed E-state index contributed by atoms with van der Waals surface area (Å²) in [6.45, 7) is 5.68. The van der Waals surface area contributed by atoms with Crippen molar-refractivity contribution in [2.75, 3.05) is 13.7 Å². The Hall–Kier alpha value is -0.620. The first-order valence-corrected chi connectivity index (χ1v) is 7.73. The van der Waals surface area contributed by atoms with E-state index in [0.717, 1.165) is 18.5 Å². The molecule has 5 nitrogen and oxygen atoms in total. The molecule has 1 heterocycles. The maximum absolute atomic E-state index is 6.31. The molecule has 1 rings (SSSR count). The molecule has 0 radical (unpaired) electrons. The Labute approximate surface area is 126 Å². The number of halogens is 1. The van der Waals surface area contributed by atoms with E-state index in [4.69, 9.17) is 22.2 Å². The minimum absolute atomic E-state index is 0.0263. The van der Waals surface area contributed by atoms with Gasteiger partial charge in [0.1, 0.15) is 0 Å². The third kappa shape index (κ3) is 4.45. The maximum Gasteiger partial charge on any atom is 0.0834 e. The van der Waals surface area contributed by atoms with Crippen LogP contribution in [0.15, 0.2) is 6.20 Å². The van der Waals surface area contributed by atoms with E-state index >= 15 is 0 Å². The van der Waals surface area contributed by atoms with Crippen molar-refractivity contribution in [1.29, 1.82) is 0 Å². The number of aromatic nitrogens is 2. The molecule has 0 aliphatic heterocycles. The second-order valence-corrected chi connectivity index (χ2v) is 5.46. The summed E-state index contributed by atoms with van der Waals surface area (Å²) in [5.41, 5.74) is 3.90. The third-order valence-electron chi connectivity index (χ3n) is 3.74. The molecule has 0 aromatic carbocycles. The van der Waals surface area contributed by atoms with Crippen molar-refractivity contribution < 1.29 is 4.74 Å². The Morgan fingerprint density at radius 1 is 1.50 bits per heavy atom. The van der Waals surface area contributed by atoms with Crippen LogP contribution in [0.4, 0.5) is 0 Å². The van der Waals surface area contributed by atoms with Gasteiger partial charge in [-0.05, 0) is 12.3 Å². The van der Waals surface area contributed by atoms with Gasteiger partial charge in [-0.25, -0.2) is 0 Å². The van der Waals surface area contributed by atoms with E-state index < -0.39 is 0 Å². The molecule has 0 fully saturated rings. The monoisotopic (exact) mass is 302 g/mol. The predicted molar refractivity (Wildman–Crippen MR) is 82.5 cm³/mol. The summed E-state index contributed by atoms with van der Waals surface area (Å²) in [5, 5.41) is 4.99. The summed E-state index contributed by atoms with van der Waals surface area (Å²) < 4.78 is 7.01. The number of hydrogen-bond acceptors (Lipinski definition) is 4. The highest BCUT2D eigenvalue weighted by molar-refractivity contribution is 6.31. The zero-order valence-electron chi connectivity index (χ0n) is 12.7. The van der Waals surface area contributed by atoms with Gasteiger partial charge in [-0.15, -0.1) is 0 Å². The zero-order chi connectivity index (χ0) is 15.0. The minimum atomic E-state index is 0.0263. The van der Waals surface area contributed by atoms with Crippen molar-refractivity contribution in [2.24, 2.45) is 11.8 Å². The fraction of sp³-hybridized carbons (Fsp3) is 0.786. The fourth-order valence-corrected chi connectivity index (χ4v) is 2.81. The quantitative estimate of drug-likeness (QED) is 0.515. The van der Waals surface area contributed by atoms with Crippen LogP contribution >= 0.6 is 11.6 Å². The standard InChI is InChI=1S/C14H27ClN4O/c1-4-6-7-11(5-2)13(18-16)14-12(15)10-17-19(14)8-9-20-3/h10-11,13,18H,4-9,16H2,1-3H3. The van der Waals surface area contributed by atoms with Gasteiger partial charge in [-0.3, -0.25) is 16.0 Å². The molecule has 3 N–H and O–H groups in total. The van der Waals surface area contributed by atoms with E-state index in [-0.39, 0.29) is 6.04 Å². The minimum Gasteiger partial charge on any atom is -0.383 e. The lowest BCUT2D eigenvalue weighted by molar-refractivity contribution is 0.180. The van der Waals surface area contributed by atoms with Crippen LogP contribution in [0.25, 0.3) is 0 Å². The Morgan fingerprint density at radius 2 is 2.25 bits per heavy atom. The van der Waals surface area contributed by atoms with Crippen molar-refractivity contribution in [3.8, 4) is 0 Å². The first-order valence-electron chi connectivity index (χ1n) is 7.35. The van der Waals surface area contributed by atoms with Gasteiger partial charge in [-0.1, -0.05) is 44.7 Å². The highest BCUT2D eigenvalue weighted by Gasteiger charge is 2.26. The van der Waals surface area contributed by atoms with Crippen molar-refractivity contribution in [1.82, 2.24) is 15.2 Å². The molecule has 6 heteroatoms. The van der Waals surface area contributed by atoms with Crippen molar-refractivity contribution in [3.63, 3.8) is 0 Å². The number of nitrogens with two attached hydrogens (primary N) is 1. The van der Waals surface area contributed by atoms with Gasteiger partial charge in [0.2, 0.25) is 0 Å². The lowest BCUT2D eigenvalue weighted by Gasteiger charge is -2.26. The molecular weight excluding hydrogens is 276 g/mol. The second kappa shape index (κ2) is 9.34. The lowest BCUT2D eigenvalue weighted by Crippen LogP contribution is -2.35. The number of hydrogen-bond donors (Lipinski definition) is 2. The van der Waals surface area contributed by atoms with Gasteiger partial charge in [0, 0.05) is 7.11 Å². The molecule has 0 saturated heterocycles. The van der Waals surface area contributed by atoms with Crippen LogP contribution in [-0.4, -0.2) is 23.5 Å². The third-order valence-corrected chi connectivity index (χ3v) is 4.03. The van der Waals surface area contributed by atoms with Crippen LogP contribution in [0.3, 0.4) is 0 Å². The van der Waals surface area contributed by atoms with Gasteiger partial charge in [0.15, 0.2) is 0 Å². The summed E-state index contributed by atoms with van der Waals surface area (Å²) in [4.78, 5) is 0. The Kier molecular flexibility index (Phi) is 8.14. The molecule has 2 atom stereocenters. The smallest absolute Gasteiger partial charge is 0.0834 e. The van der Waals surface area contributed by atoms with Crippen molar-refractivity contribution in [2.45, 2.75) is 52.1 Å². The summed E-state index contributed by atoms with van der Waals surface area (Å²) in [7, 11) is 1.68. The molecule has 0 bridgehead atoms. The summed E-state index contributed by atoms with van der Waals surface area (Å²) in [6, 6.07) is 0.0263. The van der Waals surface area contributed by atoms with Crippen LogP contribution in [0.2, 0.25) is 5.02 Å². The first-order chi connectivity index (χ1) is 9.69. The molecular formula is C14H27ClN4O. The summed E-state index contributed by atoms with van der Waals surface area (Å²) in [5.74, 6) is 6.25. The number of nitrogens with zero attached hydrogens (tertiary/aromatic N) is 2. The molecule has 0 amide bonds. The maximum atomic E-state index is 6.31. The van der Waals surface area contributed by atoms with E-state index in [0.29, 0.717) is 24.1 Å². The summed E-state index contributed by atoms with van der Waals surface area (Å²) in [6.07, 6.45) is 6.25. The second-order valence-electron chi connectivity index (χ2n) is 5.05. The molecule has 0 aliphatic carbocycles. The highest BCUT2D eigenvalue weighted by atomic mass is 35.5. The van der Waals surface area contributed by atoms with Crippen molar-refractivity contribution in [3.05, 3.63) is 16.9 Å². The van der Waals surface area contributed by atoms with E-state index in [1.165, 1.54) is 12.8 Å². The highest BCUT2D eigenvalue weighted by Crippen LogP contribution is 2.32. The SMILES string of the molecule is CCCCC(CC)C(NN)c1c(Cl)cnn1CCOC. The molecule has 0 spiro atoms. The summed E-state index contributed by atoms with van der Waals surface area (Å²) >= 11 is 6.31. The zero-order valence-corrected chi connectivity index (χ0v) is 13.5. The predicted octanol–water partition coefficient (Wildman–Crippen LogP) is 2.90. The average Bonchev–Trinajstić information content (AvgIpc) is 2.82. The van der Waals surface area contributed by atoms with Gasteiger partial charge in [0.05, 0.1) is 36.1 Å². The van der Waals surface area contributed by atoms with Crippen LogP contribution < -0.4 is 11.3 Å². The fourth-order valence-electron chi connectivity index (χ4n) is 2.55. The van der Waals surface area contributed by atoms with Gasteiger partial charge >= 0.3 is 0 Å². The van der Waals surface area contributed by atoms with Crippen LogP contribution in [0.5, 0.6) is 0 Å². The Bertz CT molecular complexity index is 383. The van der Waals surface area contributed by atoms with E-state index in [9.17, 15) is 0 Å². The Morgan fingerprint density at radius 3 is 2.80 bits per heavy atom. The van der Waals surface area contributed by atoms with E-state index in [1.807, 2.05) is 4.68 Å². The topological polar surface area (TPSA) is 65.1 Å². The Balaban J connectivity index is 2.94. The van der Waals surface area contributed by atoms with E-state index in [1.54, 1.807) is 13.3 Å². The lowest BCUT2D eigenvalue weighted by atomic mass is 9.89. The number of ether oxygens (including phenoxy) is 1. The molecule has 1 aromatic heterocycles. The molecule has 1 aromatic rings. The van der Waals surface area contributed by atoms with Crippen LogP contribution in [0.1, 0.15) is 51.3 Å². The molecule has 0 saturated carbocycles. The number of methoxy groups -OCH3 is 1. The first kappa shape index (κ1) is 17.4. The largest absolute Gasteiger partial charge is 0.383 e. The normalized spacial score (nSPS) is 14.4. The van der Waals surface area contributed by atoms with Crippen LogP contribution in [-0.2, 0) is 11.3 Å².